The minimum atomic E-state index is -3.70. The molecule has 0 bridgehead atoms. The van der Waals surface area contributed by atoms with E-state index < -0.39 is 10.0 Å². The quantitative estimate of drug-likeness (QED) is 0.486. The predicted octanol–water partition coefficient (Wildman–Crippen LogP) is -0.966. The first kappa shape index (κ1) is 22.4. The van der Waals surface area contributed by atoms with Gasteiger partial charge in [0.1, 0.15) is 6.54 Å². The lowest BCUT2D eigenvalue weighted by Gasteiger charge is -2.13. The zero-order valence-electron chi connectivity index (χ0n) is 17.7. The van der Waals surface area contributed by atoms with E-state index >= 15 is 0 Å². The second kappa shape index (κ2) is 8.81. The Labute approximate surface area is 180 Å². The Balaban J connectivity index is 1.76. The SMILES string of the molecule is COc1nc(N(C)C)nc([N+]2=C(N)N(CCNS(=O)(=O)c3ccc(C)cc3)C(=O)C2)n1. The van der Waals surface area contributed by atoms with Gasteiger partial charge in [0.25, 0.3) is 17.8 Å². The average Bonchev–Trinajstić information content (AvgIpc) is 3.02. The molecule has 0 saturated carbocycles. The molecule has 2 heterocycles. The van der Waals surface area contributed by atoms with Gasteiger partial charge in [0, 0.05) is 20.6 Å². The van der Waals surface area contributed by atoms with E-state index in [1.165, 1.54) is 28.7 Å². The van der Waals surface area contributed by atoms with Gasteiger partial charge in [-0.15, -0.1) is 4.98 Å². The second-order valence-electron chi connectivity index (χ2n) is 7.02. The number of guanidine groups is 1. The molecule has 0 saturated heterocycles. The smallest absolute Gasteiger partial charge is 0.370 e. The van der Waals surface area contributed by atoms with Gasteiger partial charge in [0.05, 0.1) is 18.6 Å². The number of hydrogen-bond acceptors (Lipinski definition) is 9. The topological polar surface area (TPSA) is 147 Å². The van der Waals surface area contributed by atoms with Crippen molar-refractivity contribution < 1.29 is 22.5 Å². The third-order valence-corrected chi connectivity index (χ3v) is 6.00. The number of nitrogens with two attached hydrogens (primary N) is 1. The first-order valence-electron chi connectivity index (χ1n) is 9.36. The molecule has 0 fully saturated rings. The number of rotatable bonds is 8. The van der Waals surface area contributed by atoms with Crippen LogP contribution in [0.4, 0.5) is 11.9 Å². The summed E-state index contributed by atoms with van der Waals surface area (Å²) in [5.41, 5.74) is 7.11. The van der Waals surface area contributed by atoms with Crippen LogP contribution in [0.1, 0.15) is 5.56 Å². The number of carbonyl (C=O) groups excluding carboxylic acids is 1. The van der Waals surface area contributed by atoms with E-state index in [0.717, 1.165) is 5.56 Å². The van der Waals surface area contributed by atoms with Gasteiger partial charge >= 0.3 is 12.0 Å². The number of benzene rings is 1. The summed E-state index contributed by atoms with van der Waals surface area (Å²) in [5, 5.41) is 0. The van der Waals surface area contributed by atoms with Crippen LogP contribution in [0.15, 0.2) is 29.2 Å². The fourth-order valence-electron chi connectivity index (χ4n) is 2.83. The number of anilines is 1. The van der Waals surface area contributed by atoms with Crippen molar-refractivity contribution in [2.24, 2.45) is 5.73 Å². The summed E-state index contributed by atoms with van der Waals surface area (Å²) in [6.45, 7) is 1.82. The van der Waals surface area contributed by atoms with Gasteiger partial charge < -0.3 is 15.4 Å². The number of hydrogen-bond donors (Lipinski definition) is 2. The van der Waals surface area contributed by atoms with Gasteiger partial charge in [0.15, 0.2) is 0 Å². The van der Waals surface area contributed by atoms with Crippen molar-refractivity contribution in [3.8, 4) is 6.01 Å². The molecule has 1 aromatic carbocycles. The van der Waals surface area contributed by atoms with Crippen molar-refractivity contribution in [1.82, 2.24) is 24.6 Å². The molecule has 0 spiro atoms. The molecule has 0 unspecified atom stereocenters. The van der Waals surface area contributed by atoms with E-state index in [0.29, 0.717) is 5.95 Å². The lowest BCUT2D eigenvalue weighted by atomic mass is 10.2. The number of sulfonamides is 1. The second-order valence-corrected chi connectivity index (χ2v) is 8.78. The molecule has 3 rings (SSSR count). The van der Waals surface area contributed by atoms with Crippen LogP contribution >= 0.6 is 0 Å². The van der Waals surface area contributed by atoms with Gasteiger partial charge in [0.2, 0.25) is 10.0 Å². The molecular weight excluding hydrogens is 424 g/mol. The molecule has 1 aromatic heterocycles. The molecular formula is C18H25N8O4S+. The highest BCUT2D eigenvalue weighted by atomic mass is 32.2. The highest BCUT2D eigenvalue weighted by Crippen LogP contribution is 2.17. The van der Waals surface area contributed by atoms with Crippen LogP contribution in [0, 0.1) is 6.92 Å². The van der Waals surface area contributed by atoms with E-state index in [1.807, 2.05) is 6.92 Å². The van der Waals surface area contributed by atoms with Crippen molar-refractivity contribution in [3.05, 3.63) is 29.8 Å². The van der Waals surface area contributed by atoms with Crippen molar-refractivity contribution >= 4 is 33.8 Å². The lowest BCUT2D eigenvalue weighted by Crippen LogP contribution is -2.43. The van der Waals surface area contributed by atoms with E-state index in [2.05, 4.69) is 19.7 Å². The maximum atomic E-state index is 12.5. The summed E-state index contributed by atoms with van der Waals surface area (Å²) in [4.78, 5) is 28.2. The Morgan fingerprint density at radius 1 is 1.23 bits per heavy atom. The van der Waals surface area contributed by atoms with Crippen LogP contribution in [0.2, 0.25) is 0 Å². The Morgan fingerprint density at radius 3 is 2.52 bits per heavy atom. The fraction of sp³-hybridized carbons (Fsp3) is 0.389. The third-order valence-electron chi connectivity index (χ3n) is 4.52. The van der Waals surface area contributed by atoms with Crippen LogP contribution in [0.25, 0.3) is 0 Å². The van der Waals surface area contributed by atoms with E-state index in [9.17, 15) is 13.2 Å². The number of nitrogens with zero attached hydrogens (tertiary/aromatic N) is 6. The van der Waals surface area contributed by atoms with Crippen molar-refractivity contribution in [1.29, 1.82) is 0 Å². The largest absolute Gasteiger partial charge is 0.459 e. The zero-order chi connectivity index (χ0) is 22.8. The number of carbonyl (C=O) groups is 1. The van der Waals surface area contributed by atoms with Gasteiger partial charge in [-0.2, -0.15) is 0 Å². The third kappa shape index (κ3) is 4.88. The number of methoxy groups -OCH3 is 1. The summed E-state index contributed by atoms with van der Waals surface area (Å²) >= 11 is 0. The molecule has 0 aliphatic carbocycles. The van der Waals surface area contributed by atoms with Gasteiger partial charge in [-0.3, -0.25) is 4.79 Å². The maximum Gasteiger partial charge on any atom is 0.370 e. The van der Waals surface area contributed by atoms with E-state index in [4.69, 9.17) is 10.5 Å². The minimum Gasteiger partial charge on any atom is -0.459 e. The molecule has 1 aliphatic heterocycles. The highest BCUT2D eigenvalue weighted by molar-refractivity contribution is 7.89. The van der Waals surface area contributed by atoms with E-state index in [1.54, 1.807) is 31.1 Å². The Kier molecular flexibility index (Phi) is 6.36. The first-order valence-corrected chi connectivity index (χ1v) is 10.8. The minimum absolute atomic E-state index is 0.0139. The zero-order valence-corrected chi connectivity index (χ0v) is 18.5. The Morgan fingerprint density at radius 2 is 1.90 bits per heavy atom. The summed E-state index contributed by atoms with van der Waals surface area (Å²) in [6.07, 6.45) is 0. The Hall–Kier alpha value is -3.32. The monoisotopic (exact) mass is 449 g/mol. The standard InChI is InChI=1S/C18H24N8O4S/c1-12-5-7-13(8-6-12)31(28,29)20-9-10-25-14(27)11-26(15(25)19)17-21-16(24(2)3)22-18(23-17)30-4/h5-8,19-20H,9-11H2,1-4H3/p+1. The number of amides is 1. The normalized spacial score (nSPS) is 14.3. The van der Waals surface area contributed by atoms with Crippen LogP contribution in [-0.2, 0) is 14.8 Å². The average molecular weight is 450 g/mol. The number of nitrogens with one attached hydrogen (secondary N) is 1. The number of ether oxygens (including phenoxy) is 1. The van der Waals surface area contributed by atoms with Crippen molar-refractivity contribution in [2.45, 2.75) is 11.8 Å². The summed E-state index contributed by atoms with van der Waals surface area (Å²) in [6, 6.07) is 6.56. The first-order chi connectivity index (χ1) is 14.6. The molecule has 1 aliphatic rings. The van der Waals surface area contributed by atoms with Gasteiger partial charge in [-0.05, 0) is 19.1 Å². The maximum absolute atomic E-state index is 12.5. The highest BCUT2D eigenvalue weighted by Gasteiger charge is 2.36. The van der Waals surface area contributed by atoms with Crippen molar-refractivity contribution in [2.75, 3.05) is 45.7 Å². The summed E-state index contributed by atoms with van der Waals surface area (Å²) in [7, 11) is 1.24. The lowest BCUT2D eigenvalue weighted by molar-refractivity contribution is -0.432. The fourth-order valence-corrected chi connectivity index (χ4v) is 3.85. The van der Waals surface area contributed by atoms with Gasteiger partial charge in [-0.1, -0.05) is 27.7 Å². The number of aromatic nitrogens is 3. The van der Waals surface area contributed by atoms with Crippen LogP contribution < -0.4 is 20.1 Å². The molecule has 12 nitrogen and oxygen atoms in total. The van der Waals surface area contributed by atoms with Crippen molar-refractivity contribution in [3.63, 3.8) is 0 Å². The molecule has 0 atom stereocenters. The van der Waals surface area contributed by atoms with Gasteiger partial charge in [-0.25, -0.2) is 22.6 Å². The molecule has 13 heteroatoms. The summed E-state index contributed by atoms with van der Waals surface area (Å²) < 4.78 is 33.9. The molecule has 3 N–H and O–H groups in total. The summed E-state index contributed by atoms with van der Waals surface area (Å²) in [5.74, 6) is 0.283. The molecule has 1 amide bonds. The number of aryl methyl sites for hydroxylation is 1. The molecule has 2 aromatic rings. The molecule has 166 valence electrons. The predicted molar refractivity (Wildman–Crippen MR) is 113 cm³/mol. The molecule has 0 radical (unpaired) electrons. The van der Waals surface area contributed by atoms with Crippen LogP contribution in [-0.4, -0.2) is 85.6 Å². The van der Waals surface area contributed by atoms with Crippen LogP contribution in [0.3, 0.4) is 0 Å². The van der Waals surface area contributed by atoms with E-state index in [-0.39, 0.29) is 48.4 Å². The molecule has 31 heavy (non-hydrogen) atoms. The Bertz CT molecular complexity index is 1120. The van der Waals surface area contributed by atoms with Crippen LogP contribution in [0.5, 0.6) is 6.01 Å².